The SMILES string of the molecule is Cc1cc(=O)oc2cc(OCC(=O)Nc3ccc(OC(F)F)c(Cl)c3)ccc12. The summed E-state index contributed by atoms with van der Waals surface area (Å²) in [6.07, 6.45) is 0. The molecule has 9 heteroatoms. The molecule has 0 aliphatic rings. The van der Waals surface area contributed by atoms with Crippen molar-refractivity contribution in [2.45, 2.75) is 13.5 Å². The van der Waals surface area contributed by atoms with Crippen LogP contribution in [0.25, 0.3) is 11.0 Å². The Labute approximate surface area is 162 Å². The number of nitrogens with one attached hydrogen (secondary N) is 1. The number of hydrogen-bond donors (Lipinski definition) is 1. The molecule has 0 radical (unpaired) electrons. The lowest BCUT2D eigenvalue weighted by atomic mass is 10.1. The highest BCUT2D eigenvalue weighted by molar-refractivity contribution is 6.32. The maximum atomic E-state index is 12.2. The first-order valence-corrected chi connectivity index (χ1v) is 8.41. The van der Waals surface area contributed by atoms with Gasteiger partial charge in [-0.3, -0.25) is 4.79 Å². The number of carbonyl (C=O) groups is 1. The van der Waals surface area contributed by atoms with E-state index in [1.54, 1.807) is 19.1 Å². The molecule has 0 saturated heterocycles. The Hall–Kier alpha value is -3.13. The van der Waals surface area contributed by atoms with Crippen LogP contribution in [0.2, 0.25) is 5.02 Å². The van der Waals surface area contributed by atoms with E-state index in [1.807, 2.05) is 0 Å². The van der Waals surface area contributed by atoms with Crippen LogP contribution < -0.4 is 20.4 Å². The monoisotopic (exact) mass is 409 g/mol. The third kappa shape index (κ3) is 4.77. The lowest BCUT2D eigenvalue weighted by molar-refractivity contribution is -0.118. The van der Waals surface area contributed by atoms with E-state index < -0.39 is 18.1 Å². The van der Waals surface area contributed by atoms with E-state index in [0.717, 1.165) is 10.9 Å². The zero-order valence-corrected chi connectivity index (χ0v) is 15.3. The molecule has 28 heavy (non-hydrogen) atoms. The Morgan fingerprint density at radius 1 is 1.21 bits per heavy atom. The van der Waals surface area contributed by atoms with E-state index >= 15 is 0 Å². The van der Waals surface area contributed by atoms with Gasteiger partial charge in [0.25, 0.3) is 5.91 Å². The number of fused-ring (bicyclic) bond motifs is 1. The van der Waals surface area contributed by atoms with Crippen molar-refractivity contribution in [1.82, 2.24) is 0 Å². The normalized spacial score (nSPS) is 10.9. The number of halogens is 3. The second-order valence-electron chi connectivity index (χ2n) is 5.77. The molecule has 2 aromatic carbocycles. The van der Waals surface area contributed by atoms with Crippen molar-refractivity contribution in [3.63, 3.8) is 0 Å². The number of hydrogen-bond acceptors (Lipinski definition) is 5. The van der Waals surface area contributed by atoms with Crippen molar-refractivity contribution in [2.24, 2.45) is 0 Å². The zero-order chi connectivity index (χ0) is 20.3. The van der Waals surface area contributed by atoms with Crippen molar-refractivity contribution < 1.29 is 27.5 Å². The summed E-state index contributed by atoms with van der Waals surface area (Å²) in [7, 11) is 0. The van der Waals surface area contributed by atoms with Gasteiger partial charge in [-0.2, -0.15) is 8.78 Å². The highest BCUT2D eigenvalue weighted by atomic mass is 35.5. The van der Waals surface area contributed by atoms with Gasteiger partial charge in [0.05, 0.1) is 5.02 Å². The second kappa shape index (κ2) is 8.26. The van der Waals surface area contributed by atoms with E-state index in [-0.39, 0.29) is 17.4 Å². The quantitative estimate of drug-likeness (QED) is 0.611. The molecule has 1 aromatic heterocycles. The highest BCUT2D eigenvalue weighted by Crippen LogP contribution is 2.29. The first-order valence-electron chi connectivity index (χ1n) is 8.03. The van der Waals surface area contributed by atoms with Crippen molar-refractivity contribution in [3.8, 4) is 11.5 Å². The van der Waals surface area contributed by atoms with Gasteiger partial charge < -0.3 is 19.2 Å². The third-order valence-corrected chi connectivity index (χ3v) is 4.02. The van der Waals surface area contributed by atoms with Crippen LogP contribution in [-0.4, -0.2) is 19.1 Å². The van der Waals surface area contributed by atoms with Gasteiger partial charge in [0.15, 0.2) is 6.61 Å². The molecule has 0 fully saturated rings. The topological polar surface area (TPSA) is 77.8 Å². The number of rotatable bonds is 6. The van der Waals surface area contributed by atoms with Gasteiger partial charge in [-0.05, 0) is 42.8 Å². The Bertz CT molecular complexity index is 1080. The molecular weight excluding hydrogens is 396 g/mol. The molecule has 3 rings (SSSR count). The summed E-state index contributed by atoms with van der Waals surface area (Å²) >= 11 is 5.83. The maximum Gasteiger partial charge on any atom is 0.387 e. The Morgan fingerprint density at radius 2 is 2.00 bits per heavy atom. The molecule has 0 atom stereocenters. The summed E-state index contributed by atoms with van der Waals surface area (Å²) in [5.41, 5.74) is 0.937. The smallest absolute Gasteiger partial charge is 0.387 e. The standard InChI is InChI=1S/C19H14ClF2NO5/c1-10-6-18(25)27-16-8-12(3-4-13(10)16)26-9-17(24)23-11-2-5-15(14(20)7-11)28-19(21)22/h2-8,19H,9H2,1H3,(H,23,24). The third-order valence-electron chi connectivity index (χ3n) is 3.72. The molecule has 0 spiro atoms. The highest BCUT2D eigenvalue weighted by Gasteiger charge is 2.11. The summed E-state index contributed by atoms with van der Waals surface area (Å²) < 4.78 is 39.2. The van der Waals surface area contributed by atoms with Crippen LogP contribution in [0.15, 0.2) is 51.7 Å². The summed E-state index contributed by atoms with van der Waals surface area (Å²) in [4.78, 5) is 23.5. The lowest BCUT2D eigenvalue weighted by Gasteiger charge is -2.10. The molecule has 3 aromatic rings. The fourth-order valence-corrected chi connectivity index (χ4v) is 2.74. The minimum Gasteiger partial charge on any atom is -0.484 e. The maximum absolute atomic E-state index is 12.2. The van der Waals surface area contributed by atoms with Crippen LogP contribution in [0.5, 0.6) is 11.5 Å². The van der Waals surface area contributed by atoms with Gasteiger partial charge in [0.1, 0.15) is 17.1 Å². The average molecular weight is 410 g/mol. The minimum absolute atomic E-state index is 0.0704. The number of benzene rings is 2. The van der Waals surface area contributed by atoms with Crippen molar-refractivity contribution >= 4 is 34.2 Å². The predicted molar refractivity (Wildman–Crippen MR) is 99.4 cm³/mol. The number of anilines is 1. The molecule has 1 amide bonds. The molecule has 146 valence electrons. The summed E-state index contributed by atoms with van der Waals surface area (Å²) in [5, 5.41) is 3.21. The molecule has 0 bridgehead atoms. The molecule has 0 aliphatic heterocycles. The average Bonchev–Trinajstić information content (AvgIpc) is 2.61. The Morgan fingerprint density at radius 3 is 2.71 bits per heavy atom. The van der Waals surface area contributed by atoms with E-state index in [9.17, 15) is 18.4 Å². The van der Waals surface area contributed by atoms with E-state index in [1.165, 1.54) is 30.3 Å². The number of alkyl halides is 2. The van der Waals surface area contributed by atoms with Crippen molar-refractivity contribution in [1.29, 1.82) is 0 Å². The number of ether oxygens (including phenoxy) is 2. The van der Waals surface area contributed by atoms with Gasteiger partial charge in [0, 0.05) is 23.2 Å². The zero-order valence-electron chi connectivity index (χ0n) is 14.5. The van der Waals surface area contributed by atoms with Crippen LogP contribution >= 0.6 is 11.6 Å². The summed E-state index contributed by atoms with van der Waals surface area (Å²) in [5.74, 6) is -0.349. The first kappa shape index (κ1) is 19.6. The molecule has 0 unspecified atom stereocenters. The van der Waals surface area contributed by atoms with Gasteiger partial charge in [-0.25, -0.2) is 4.79 Å². The lowest BCUT2D eigenvalue weighted by Crippen LogP contribution is -2.20. The van der Waals surface area contributed by atoms with Crippen LogP contribution in [-0.2, 0) is 4.79 Å². The van der Waals surface area contributed by atoms with Crippen LogP contribution in [0.3, 0.4) is 0 Å². The molecule has 1 N–H and O–H groups in total. The van der Waals surface area contributed by atoms with Crippen LogP contribution in [0, 0.1) is 6.92 Å². The van der Waals surface area contributed by atoms with E-state index in [4.69, 9.17) is 20.8 Å². The van der Waals surface area contributed by atoms with Gasteiger partial charge in [0.2, 0.25) is 0 Å². The first-order chi connectivity index (χ1) is 13.3. The summed E-state index contributed by atoms with van der Waals surface area (Å²) in [6, 6.07) is 10.2. The molecular formula is C19H14ClF2NO5. The number of amides is 1. The molecule has 0 aliphatic carbocycles. The number of aryl methyl sites for hydroxylation is 1. The van der Waals surface area contributed by atoms with Crippen LogP contribution in [0.1, 0.15) is 5.56 Å². The Balaban J connectivity index is 1.63. The van der Waals surface area contributed by atoms with E-state index in [2.05, 4.69) is 10.1 Å². The van der Waals surface area contributed by atoms with E-state index in [0.29, 0.717) is 17.0 Å². The van der Waals surface area contributed by atoms with Gasteiger partial charge >= 0.3 is 12.2 Å². The van der Waals surface area contributed by atoms with Gasteiger partial charge in [-0.1, -0.05) is 11.6 Å². The number of carbonyl (C=O) groups excluding carboxylic acids is 1. The largest absolute Gasteiger partial charge is 0.484 e. The fourth-order valence-electron chi connectivity index (χ4n) is 2.51. The van der Waals surface area contributed by atoms with Crippen LogP contribution in [0.4, 0.5) is 14.5 Å². The van der Waals surface area contributed by atoms with Crippen molar-refractivity contribution in [2.75, 3.05) is 11.9 Å². The predicted octanol–water partition coefficient (Wildman–Crippen LogP) is 4.37. The van der Waals surface area contributed by atoms with Gasteiger partial charge in [-0.15, -0.1) is 0 Å². The second-order valence-corrected chi connectivity index (χ2v) is 6.17. The molecule has 0 saturated carbocycles. The Kier molecular flexibility index (Phi) is 5.79. The molecule has 1 heterocycles. The fraction of sp³-hybridized carbons (Fsp3) is 0.158. The van der Waals surface area contributed by atoms with Crippen molar-refractivity contribution in [3.05, 3.63) is 63.5 Å². The minimum atomic E-state index is -3.00. The molecule has 6 nitrogen and oxygen atoms in total. The summed E-state index contributed by atoms with van der Waals surface area (Å²) in [6.45, 7) is -1.54.